The third-order valence-corrected chi connectivity index (χ3v) is 3.80. The molecule has 1 fully saturated rings. The Labute approximate surface area is 102 Å². The predicted molar refractivity (Wildman–Crippen MR) is 70.9 cm³/mol. The van der Waals surface area contributed by atoms with Crippen molar-refractivity contribution < 1.29 is 0 Å². The molecule has 0 spiro atoms. The third-order valence-electron chi connectivity index (χ3n) is 3.49. The fourth-order valence-electron chi connectivity index (χ4n) is 2.41. The highest BCUT2D eigenvalue weighted by Gasteiger charge is 2.22. The van der Waals surface area contributed by atoms with Crippen molar-refractivity contribution in [3.8, 4) is 0 Å². The molecule has 2 rings (SSSR count). The molecule has 0 heterocycles. The molecule has 0 unspecified atom stereocenters. The normalized spacial score (nSPS) is 25.4. The van der Waals surface area contributed by atoms with Crippen molar-refractivity contribution >= 4 is 23.0 Å². The number of hydrogen-bond donors (Lipinski definition) is 2. The Balaban J connectivity index is 2.13. The van der Waals surface area contributed by atoms with Gasteiger partial charge in [-0.05, 0) is 30.9 Å². The molecule has 1 aliphatic carbocycles. The first kappa shape index (κ1) is 11.6. The number of para-hydroxylation sites is 1. The van der Waals surface area contributed by atoms with E-state index < -0.39 is 0 Å². The molecule has 0 saturated heterocycles. The summed E-state index contributed by atoms with van der Waals surface area (Å²) in [6.45, 7) is 2.30. The molecule has 0 amide bonds. The maximum Gasteiger partial charge on any atom is 0.0765 e. The number of nitrogens with one attached hydrogen (secondary N) is 1. The van der Waals surface area contributed by atoms with Crippen LogP contribution in [0.15, 0.2) is 18.2 Å². The highest BCUT2D eigenvalue weighted by atomic mass is 35.5. The minimum Gasteiger partial charge on any atom is -0.397 e. The number of nitrogens with two attached hydrogens (primary N) is 1. The molecule has 1 saturated carbocycles. The number of rotatable bonds is 2. The Hall–Kier alpha value is -0.890. The van der Waals surface area contributed by atoms with Gasteiger partial charge in [-0.1, -0.05) is 37.4 Å². The lowest BCUT2D eigenvalue weighted by atomic mass is 9.86. The molecule has 1 aromatic carbocycles. The van der Waals surface area contributed by atoms with E-state index >= 15 is 0 Å². The van der Waals surface area contributed by atoms with Gasteiger partial charge in [0.05, 0.1) is 16.4 Å². The predicted octanol–water partition coefficient (Wildman–Crippen LogP) is 3.91. The second kappa shape index (κ2) is 4.96. The molecule has 3 heteroatoms. The van der Waals surface area contributed by atoms with Crippen LogP contribution in [0.3, 0.4) is 0 Å². The third kappa shape index (κ3) is 2.43. The van der Waals surface area contributed by atoms with Gasteiger partial charge >= 0.3 is 0 Å². The lowest BCUT2D eigenvalue weighted by molar-refractivity contribution is 0.349. The first-order chi connectivity index (χ1) is 7.68. The lowest BCUT2D eigenvalue weighted by Crippen LogP contribution is -2.30. The molecule has 16 heavy (non-hydrogen) atoms. The second-order valence-corrected chi connectivity index (χ2v) is 5.12. The van der Waals surface area contributed by atoms with Crippen LogP contribution >= 0.6 is 11.6 Å². The summed E-state index contributed by atoms with van der Waals surface area (Å²) in [5.74, 6) is 0.699. The summed E-state index contributed by atoms with van der Waals surface area (Å²) in [6.07, 6.45) is 5.15. The molecule has 0 aromatic heterocycles. The van der Waals surface area contributed by atoms with Crippen molar-refractivity contribution in [3.05, 3.63) is 23.2 Å². The van der Waals surface area contributed by atoms with E-state index in [-0.39, 0.29) is 0 Å². The maximum absolute atomic E-state index is 6.15. The van der Waals surface area contributed by atoms with Crippen LogP contribution in [0.25, 0.3) is 0 Å². The van der Waals surface area contributed by atoms with Crippen molar-refractivity contribution in [2.45, 2.75) is 38.6 Å². The Morgan fingerprint density at radius 3 is 2.75 bits per heavy atom. The topological polar surface area (TPSA) is 38.0 Å². The molecular formula is C13H19ClN2. The Kier molecular flexibility index (Phi) is 3.59. The van der Waals surface area contributed by atoms with Gasteiger partial charge in [0.15, 0.2) is 0 Å². The van der Waals surface area contributed by atoms with Crippen molar-refractivity contribution in [3.63, 3.8) is 0 Å². The van der Waals surface area contributed by atoms with Crippen LogP contribution < -0.4 is 11.1 Å². The van der Waals surface area contributed by atoms with Crippen LogP contribution in [0.4, 0.5) is 11.4 Å². The summed E-state index contributed by atoms with van der Waals surface area (Å²) in [5, 5.41) is 4.23. The summed E-state index contributed by atoms with van der Waals surface area (Å²) in [5.41, 5.74) is 7.58. The van der Waals surface area contributed by atoms with Crippen molar-refractivity contribution in [1.29, 1.82) is 0 Å². The van der Waals surface area contributed by atoms with Gasteiger partial charge in [0.25, 0.3) is 0 Å². The van der Waals surface area contributed by atoms with Gasteiger partial charge in [0.2, 0.25) is 0 Å². The lowest BCUT2D eigenvalue weighted by Gasteiger charge is -2.31. The maximum atomic E-state index is 6.15. The monoisotopic (exact) mass is 238 g/mol. The van der Waals surface area contributed by atoms with Crippen LogP contribution in [0.2, 0.25) is 5.02 Å². The minimum atomic E-state index is 0.510. The fourth-order valence-corrected chi connectivity index (χ4v) is 2.65. The van der Waals surface area contributed by atoms with Crippen LogP contribution in [0.5, 0.6) is 0 Å². The Bertz CT molecular complexity index is 345. The zero-order valence-corrected chi connectivity index (χ0v) is 10.4. The number of hydrogen-bond acceptors (Lipinski definition) is 2. The van der Waals surface area contributed by atoms with Crippen LogP contribution in [0, 0.1) is 5.92 Å². The Morgan fingerprint density at radius 1 is 1.31 bits per heavy atom. The van der Waals surface area contributed by atoms with Crippen molar-refractivity contribution in [1.82, 2.24) is 0 Å². The molecule has 1 aromatic rings. The number of halogens is 1. The van der Waals surface area contributed by atoms with Gasteiger partial charge in [-0.15, -0.1) is 0 Å². The summed E-state index contributed by atoms with van der Waals surface area (Å²) >= 11 is 6.15. The zero-order chi connectivity index (χ0) is 11.5. The number of nitrogen functional groups attached to an aromatic ring is 1. The van der Waals surface area contributed by atoms with E-state index in [4.69, 9.17) is 17.3 Å². The Morgan fingerprint density at radius 2 is 2.06 bits per heavy atom. The second-order valence-electron chi connectivity index (χ2n) is 4.72. The largest absolute Gasteiger partial charge is 0.397 e. The smallest absolute Gasteiger partial charge is 0.0765 e. The molecule has 1 aliphatic rings. The van der Waals surface area contributed by atoms with Gasteiger partial charge in [-0.2, -0.15) is 0 Å². The average Bonchev–Trinajstić information content (AvgIpc) is 2.26. The van der Waals surface area contributed by atoms with E-state index in [1.54, 1.807) is 0 Å². The molecule has 2 atom stereocenters. The molecular weight excluding hydrogens is 220 g/mol. The van der Waals surface area contributed by atoms with Gasteiger partial charge in [0, 0.05) is 6.04 Å². The van der Waals surface area contributed by atoms with E-state index in [1.807, 2.05) is 18.2 Å². The molecule has 88 valence electrons. The SMILES string of the molecule is C[C@@H]1CCCC[C@@H]1Nc1c(N)cccc1Cl. The standard InChI is InChI=1S/C13H19ClN2/c1-9-5-2-3-8-12(9)16-13-10(14)6-4-7-11(13)15/h4,6-7,9,12,16H,2-3,5,8,15H2,1H3/t9-,12+/m1/s1. The number of benzene rings is 1. The summed E-state index contributed by atoms with van der Waals surface area (Å²) in [7, 11) is 0. The van der Waals surface area contributed by atoms with Crippen LogP contribution in [-0.2, 0) is 0 Å². The van der Waals surface area contributed by atoms with E-state index in [2.05, 4.69) is 12.2 Å². The number of anilines is 2. The molecule has 2 nitrogen and oxygen atoms in total. The van der Waals surface area contributed by atoms with Crippen molar-refractivity contribution in [2.75, 3.05) is 11.1 Å². The first-order valence-corrected chi connectivity index (χ1v) is 6.37. The summed E-state index contributed by atoms with van der Waals surface area (Å²) < 4.78 is 0. The van der Waals surface area contributed by atoms with Gasteiger partial charge in [-0.3, -0.25) is 0 Å². The van der Waals surface area contributed by atoms with Crippen LogP contribution in [-0.4, -0.2) is 6.04 Å². The van der Waals surface area contributed by atoms with E-state index in [0.29, 0.717) is 12.0 Å². The summed E-state index contributed by atoms with van der Waals surface area (Å²) in [6, 6.07) is 6.17. The highest BCUT2D eigenvalue weighted by molar-refractivity contribution is 6.33. The van der Waals surface area contributed by atoms with E-state index in [0.717, 1.165) is 16.4 Å². The van der Waals surface area contributed by atoms with Gasteiger partial charge in [-0.25, -0.2) is 0 Å². The minimum absolute atomic E-state index is 0.510. The highest BCUT2D eigenvalue weighted by Crippen LogP contribution is 2.33. The van der Waals surface area contributed by atoms with Crippen LogP contribution in [0.1, 0.15) is 32.6 Å². The zero-order valence-electron chi connectivity index (χ0n) is 9.67. The quantitative estimate of drug-likeness (QED) is 0.767. The van der Waals surface area contributed by atoms with E-state index in [9.17, 15) is 0 Å². The van der Waals surface area contributed by atoms with Crippen molar-refractivity contribution in [2.24, 2.45) is 5.92 Å². The first-order valence-electron chi connectivity index (χ1n) is 5.99. The molecule has 0 aliphatic heterocycles. The molecule has 0 radical (unpaired) electrons. The van der Waals surface area contributed by atoms with Gasteiger partial charge in [0.1, 0.15) is 0 Å². The van der Waals surface area contributed by atoms with Gasteiger partial charge < -0.3 is 11.1 Å². The van der Waals surface area contributed by atoms with E-state index in [1.165, 1.54) is 25.7 Å². The molecule has 0 bridgehead atoms. The summed E-state index contributed by atoms with van der Waals surface area (Å²) in [4.78, 5) is 0. The fraction of sp³-hybridized carbons (Fsp3) is 0.538. The average molecular weight is 239 g/mol. The molecule has 3 N–H and O–H groups in total.